The number of rotatable bonds is 4. The van der Waals surface area contributed by atoms with Gasteiger partial charge in [-0.05, 0) is 24.3 Å². The fraction of sp³-hybridized carbons (Fsp3) is 0.231. The molecule has 0 atom stereocenters. The van der Waals surface area contributed by atoms with Gasteiger partial charge in [-0.15, -0.1) is 0 Å². The summed E-state index contributed by atoms with van der Waals surface area (Å²) in [7, 11) is -3.16. The van der Waals surface area contributed by atoms with Crippen LogP contribution in [0.2, 0.25) is 0 Å². The second-order valence-electron chi connectivity index (χ2n) is 4.25. The number of anilines is 1. The summed E-state index contributed by atoms with van der Waals surface area (Å²) in [5, 5.41) is 0.751. The molecule has 1 aromatic carbocycles. The summed E-state index contributed by atoms with van der Waals surface area (Å²) in [4.78, 5) is 9.69. The predicted molar refractivity (Wildman–Crippen MR) is 79.5 cm³/mol. The Morgan fingerprint density at radius 2 is 1.85 bits per heavy atom. The largest absolute Gasteiger partial charge is 0.384 e. The van der Waals surface area contributed by atoms with E-state index in [0.29, 0.717) is 23.0 Å². The van der Waals surface area contributed by atoms with Gasteiger partial charge in [0.05, 0.1) is 4.90 Å². The third-order valence-corrected chi connectivity index (χ3v) is 4.61. The van der Waals surface area contributed by atoms with Gasteiger partial charge in [0, 0.05) is 23.6 Å². The molecule has 0 aliphatic rings. The lowest BCUT2D eigenvalue weighted by atomic mass is 10.4. The van der Waals surface area contributed by atoms with Crippen molar-refractivity contribution in [1.29, 1.82) is 0 Å². The van der Waals surface area contributed by atoms with Gasteiger partial charge < -0.3 is 5.73 Å². The summed E-state index contributed by atoms with van der Waals surface area (Å²) in [5.74, 6) is 1.13. The zero-order chi connectivity index (χ0) is 14.8. The molecule has 5 nitrogen and oxygen atoms in total. The van der Waals surface area contributed by atoms with Crippen LogP contribution >= 0.6 is 11.8 Å². The molecule has 0 saturated carbocycles. The second kappa shape index (κ2) is 5.80. The lowest BCUT2D eigenvalue weighted by molar-refractivity contribution is 0.602. The van der Waals surface area contributed by atoms with E-state index < -0.39 is 9.84 Å². The molecule has 0 fully saturated rings. The summed E-state index contributed by atoms with van der Waals surface area (Å²) in [6.07, 6.45) is 1.90. The minimum atomic E-state index is -3.16. The fourth-order valence-corrected chi connectivity index (χ4v) is 3.05. The summed E-state index contributed by atoms with van der Waals surface area (Å²) < 4.78 is 22.8. The number of hydrogen-bond donors (Lipinski definition) is 1. The van der Waals surface area contributed by atoms with E-state index in [-0.39, 0.29) is 0 Å². The van der Waals surface area contributed by atoms with Gasteiger partial charge in [0.2, 0.25) is 0 Å². The number of nitrogens with two attached hydrogens (primary N) is 1. The van der Waals surface area contributed by atoms with Crippen molar-refractivity contribution in [3.8, 4) is 0 Å². The topological polar surface area (TPSA) is 85.9 Å². The Balaban J connectivity index is 2.24. The van der Waals surface area contributed by atoms with Crippen LogP contribution in [0.1, 0.15) is 12.7 Å². The third kappa shape index (κ3) is 3.71. The highest BCUT2D eigenvalue weighted by Gasteiger charge is 2.08. The van der Waals surface area contributed by atoms with Crippen LogP contribution in [0.15, 0.2) is 45.1 Å². The van der Waals surface area contributed by atoms with Crippen LogP contribution in [0.5, 0.6) is 0 Å². The summed E-state index contributed by atoms with van der Waals surface area (Å²) in [6, 6.07) is 8.39. The Morgan fingerprint density at radius 1 is 1.20 bits per heavy atom. The highest BCUT2D eigenvalue weighted by Crippen LogP contribution is 2.27. The van der Waals surface area contributed by atoms with E-state index in [0.717, 1.165) is 9.92 Å². The van der Waals surface area contributed by atoms with Gasteiger partial charge in [-0.1, -0.05) is 18.7 Å². The SMILES string of the molecule is CCc1nc(N)cc(Sc2ccc(S(C)(=O)=O)cc2)n1. The molecule has 0 radical (unpaired) electrons. The molecule has 0 spiro atoms. The smallest absolute Gasteiger partial charge is 0.175 e. The zero-order valence-electron chi connectivity index (χ0n) is 11.2. The van der Waals surface area contributed by atoms with E-state index in [4.69, 9.17) is 5.73 Å². The molecule has 0 amide bonds. The number of nitrogen functional groups attached to an aromatic ring is 1. The molecule has 1 heterocycles. The van der Waals surface area contributed by atoms with Crippen LogP contribution < -0.4 is 5.73 Å². The van der Waals surface area contributed by atoms with Gasteiger partial charge >= 0.3 is 0 Å². The quantitative estimate of drug-likeness (QED) is 0.871. The van der Waals surface area contributed by atoms with Crippen LogP contribution in [-0.2, 0) is 16.3 Å². The lowest BCUT2D eigenvalue weighted by Gasteiger charge is -2.05. The maximum absolute atomic E-state index is 11.4. The normalized spacial score (nSPS) is 11.5. The van der Waals surface area contributed by atoms with E-state index in [1.54, 1.807) is 30.3 Å². The van der Waals surface area contributed by atoms with Crippen LogP contribution in [0.25, 0.3) is 0 Å². The number of nitrogens with zero attached hydrogens (tertiary/aromatic N) is 2. The maximum Gasteiger partial charge on any atom is 0.175 e. The van der Waals surface area contributed by atoms with Crippen LogP contribution in [0.4, 0.5) is 5.82 Å². The first-order valence-corrected chi connectivity index (χ1v) is 8.70. The first kappa shape index (κ1) is 14.8. The molecule has 0 unspecified atom stereocenters. The molecule has 7 heteroatoms. The molecule has 0 aliphatic carbocycles. The third-order valence-electron chi connectivity index (χ3n) is 2.56. The standard InChI is InChI=1S/C13H15N3O2S2/c1-3-12-15-11(14)8-13(16-12)19-9-4-6-10(7-5-9)20(2,17)18/h4-8H,3H2,1-2H3,(H2,14,15,16). The van der Waals surface area contributed by atoms with Crippen molar-refractivity contribution in [3.05, 3.63) is 36.2 Å². The van der Waals surface area contributed by atoms with E-state index in [1.807, 2.05) is 6.92 Å². The average Bonchev–Trinajstić information content (AvgIpc) is 2.37. The monoisotopic (exact) mass is 309 g/mol. The van der Waals surface area contributed by atoms with E-state index in [2.05, 4.69) is 9.97 Å². The van der Waals surface area contributed by atoms with Gasteiger partial charge in [-0.25, -0.2) is 18.4 Å². The Hall–Kier alpha value is -1.60. The number of aromatic nitrogens is 2. The predicted octanol–water partition coefficient (Wildman–Crippen LogP) is 2.18. The summed E-state index contributed by atoms with van der Waals surface area (Å²) in [6.45, 7) is 1.96. The van der Waals surface area contributed by atoms with Crippen molar-refractivity contribution in [3.63, 3.8) is 0 Å². The molecule has 2 aromatic rings. The van der Waals surface area contributed by atoms with Crippen molar-refractivity contribution in [2.24, 2.45) is 0 Å². The Bertz CT molecular complexity index is 713. The maximum atomic E-state index is 11.4. The van der Waals surface area contributed by atoms with Crippen LogP contribution in [0, 0.1) is 0 Å². The fourth-order valence-electron chi connectivity index (χ4n) is 1.58. The molecular formula is C13H15N3O2S2. The van der Waals surface area contributed by atoms with Crippen molar-refractivity contribution in [1.82, 2.24) is 9.97 Å². The first-order chi connectivity index (χ1) is 9.38. The van der Waals surface area contributed by atoms with Crippen molar-refractivity contribution >= 4 is 27.4 Å². The average molecular weight is 309 g/mol. The molecule has 2 rings (SSSR count). The first-order valence-electron chi connectivity index (χ1n) is 6.00. The van der Waals surface area contributed by atoms with Crippen molar-refractivity contribution < 1.29 is 8.42 Å². The van der Waals surface area contributed by atoms with Gasteiger partial charge in [-0.2, -0.15) is 0 Å². The molecule has 2 N–H and O–H groups in total. The minimum absolute atomic E-state index is 0.304. The molecular weight excluding hydrogens is 294 g/mol. The van der Waals surface area contributed by atoms with E-state index in [1.165, 1.54) is 18.0 Å². The molecule has 0 bridgehead atoms. The van der Waals surface area contributed by atoms with E-state index in [9.17, 15) is 8.42 Å². The number of benzene rings is 1. The Kier molecular flexibility index (Phi) is 4.29. The Morgan fingerprint density at radius 3 is 2.40 bits per heavy atom. The van der Waals surface area contributed by atoms with E-state index >= 15 is 0 Å². The molecule has 0 aliphatic heterocycles. The van der Waals surface area contributed by atoms with Gasteiger partial charge in [0.15, 0.2) is 9.84 Å². The number of hydrogen-bond acceptors (Lipinski definition) is 6. The molecule has 0 saturated heterocycles. The van der Waals surface area contributed by atoms with Crippen molar-refractivity contribution in [2.75, 3.05) is 12.0 Å². The van der Waals surface area contributed by atoms with Crippen LogP contribution in [-0.4, -0.2) is 24.6 Å². The number of aryl methyl sites for hydroxylation is 1. The van der Waals surface area contributed by atoms with Gasteiger partial charge in [0.25, 0.3) is 0 Å². The van der Waals surface area contributed by atoms with Gasteiger partial charge in [0.1, 0.15) is 16.7 Å². The second-order valence-corrected chi connectivity index (χ2v) is 7.36. The molecule has 106 valence electrons. The Labute approximate surface area is 122 Å². The molecule has 1 aromatic heterocycles. The van der Waals surface area contributed by atoms with Crippen molar-refractivity contribution in [2.45, 2.75) is 28.2 Å². The van der Waals surface area contributed by atoms with Gasteiger partial charge in [-0.3, -0.25) is 0 Å². The van der Waals surface area contributed by atoms with Crippen LogP contribution in [0.3, 0.4) is 0 Å². The highest BCUT2D eigenvalue weighted by atomic mass is 32.2. The highest BCUT2D eigenvalue weighted by molar-refractivity contribution is 7.99. The zero-order valence-corrected chi connectivity index (χ0v) is 12.8. The summed E-state index contributed by atoms with van der Waals surface area (Å²) >= 11 is 1.42. The summed E-state index contributed by atoms with van der Waals surface area (Å²) in [5.41, 5.74) is 5.73. The molecule has 20 heavy (non-hydrogen) atoms. The number of sulfone groups is 1. The lowest BCUT2D eigenvalue weighted by Crippen LogP contribution is -1.99. The minimum Gasteiger partial charge on any atom is -0.384 e.